The van der Waals surface area contributed by atoms with E-state index in [1.165, 1.54) is 12.1 Å². The Morgan fingerprint density at radius 1 is 1.07 bits per heavy atom. The lowest BCUT2D eigenvalue weighted by Gasteiger charge is -2.07. The maximum absolute atomic E-state index is 13.7. The van der Waals surface area contributed by atoms with Crippen molar-refractivity contribution in [2.45, 2.75) is 6.42 Å². The van der Waals surface area contributed by atoms with Crippen LogP contribution in [0.2, 0.25) is 5.02 Å². The van der Waals surface area contributed by atoms with Crippen LogP contribution >= 0.6 is 22.9 Å². The van der Waals surface area contributed by atoms with Crippen LogP contribution in [0.1, 0.15) is 20.8 Å². The first-order valence-electron chi connectivity index (χ1n) is 9.58. The molecule has 0 spiro atoms. The molecule has 3 nitrogen and oxygen atoms in total. The number of halogens is 2. The number of amides is 1. The predicted octanol–water partition coefficient (Wildman–Crippen LogP) is 5.64. The lowest BCUT2D eigenvalue weighted by molar-refractivity contribution is 0.0955. The summed E-state index contributed by atoms with van der Waals surface area (Å²) in [6.45, 7) is 0.844. The number of hydrogen-bond acceptors (Lipinski definition) is 3. The summed E-state index contributed by atoms with van der Waals surface area (Å²) in [4.78, 5) is 13.4. The molecule has 0 bridgehead atoms. The molecular weight excluding hydrogens is 419 g/mol. The average Bonchev–Trinajstić information content (AvgIpc) is 3.13. The Kier molecular flexibility index (Phi) is 6.13. The Balaban J connectivity index is 1.68. The van der Waals surface area contributed by atoms with Crippen molar-refractivity contribution in [1.29, 1.82) is 0 Å². The number of carbonyl (C=O) groups excluding carboxylic acids is 1. The van der Waals surface area contributed by atoms with Crippen LogP contribution in [-0.2, 0) is 6.42 Å². The van der Waals surface area contributed by atoms with Gasteiger partial charge in [0.2, 0.25) is 0 Å². The predicted molar refractivity (Wildman–Crippen MR) is 123 cm³/mol. The topological polar surface area (TPSA) is 55.1 Å². The molecule has 30 heavy (non-hydrogen) atoms. The summed E-state index contributed by atoms with van der Waals surface area (Å²) in [7, 11) is 0. The second-order valence-corrected chi connectivity index (χ2v) is 8.59. The van der Waals surface area contributed by atoms with Crippen molar-refractivity contribution in [2.75, 3.05) is 13.1 Å². The molecule has 0 aliphatic heterocycles. The maximum Gasteiger partial charge on any atom is 0.251 e. The minimum absolute atomic E-state index is 0.135. The zero-order chi connectivity index (χ0) is 21.1. The molecule has 0 radical (unpaired) electrons. The van der Waals surface area contributed by atoms with E-state index in [-0.39, 0.29) is 11.7 Å². The van der Waals surface area contributed by atoms with E-state index in [0.717, 1.165) is 31.7 Å². The van der Waals surface area contributed by atoms with Gasteiger partial charge in [0, 0.05) is 39.7 Å². The van der Waals surface area contributed by atoms with Crippen LogP contribution < -0.4 is 11.1 Å². The third-order valence-corrected chi connectivity index (χ3v) is 6.16. The molecule has 0 aliphatic carbocycles. The largest absolute Gasteiger partial charge is 0.351 e. The molecule has 1 heterocycles. The fraction of sp³-hybridized carbons (Fsp3) is 0.125. The van der Waals surface area contributed by atoms with E-state index in [2.05, 4.69) is 23.5 Å². The van der Waals surface area contributed by atoms with Gasteiger partial charge in [-0.05, 0) is 58.5 Å². The van der Waals surface area contributed by atoms with Crippen LogP contribution in [0, 0.1) is 5.82 Å². The fourth-order valence-electron chi connectivity index (χ4n) is 3.46. The highest BCUT2D eigenvalue weighted by Gasteiger charge is 2.12. The van der Waals surface area contributed by atoms with E-state index >= 15 is 0 Å². The maximum atomic E-state index is 13.7. The number of benzene rings is 3. The molecule has 0 fully saturated rings. The fourth-order valence-corrected chi connectivity index (χ4v) is 4.93. The van der Waals surface area contributed by atoms with Gasteiger partial charge < -0.3 is 11.1 Å². The summed E-state index contributed by atoms with van der Waals surface area (Å²) in [5.74, 6) is -0.464. The molecule has 4 aromatic rings. The molecule has 0 saturated heterocycles. The minimum atomic E-state index is -0.330. The van der Waals surface area contributed by atoms with Crippen molar-refractivity contribution in [3.8, 4) is 11.1 Å². The van der Waals surface area contributed by atoms with E-state index in [4.69, 9.17) is 17.3 Å². The minimum Gasteiger partial charge on any atom is -0.351 e. The number of hydrogen-bond donors (Lipinski definition) is 2. The molecule has 0 saturated carbocycles. The molecule has 1 aromatic heterocycles. The van der Waals surface area contributed by atoms with Gasteiger partial charge in [-0.3, -0.25) is 4.79 Å². The van der Waals surface area contributed by atoms with E-state index in [1.54, 1.807) is 23.5 Å². The first kappa shape index (κ1) is 20.5. The first-order valence-corrected chi connectivity index (χ1v) is 10.8. The van der Waals surface area contributed by atoms with Crippen molar-refractivity contribution in [1.82, 2.24) is 5.32 Å². The second kappa shape index (κ2) is 8.96. The van der Waals surface area contributed by atoms with Gasteiger partial charge in [-0.1, -0.05) is 41.9 Å². The lowest BCUT2D eigenvalue weighted by Crippen LogP contribution is -2.28. The normalized spacial score (nSPS) is 11.0. The van der Waals surface area contributed by atoms with Crippen molar-refractivity contribution in [3.63, 3.8) is 0 Å². The Morgan fingerprint density at radius 2 is 1.90 bits per heavy atom. The van der Waals surface area contributed by atoms with Gasteiger partial charge in [-0.2, -0.15) is 0 Å². The third-order valence-electron chi connectivity index (χ3n) is 4.76. The number of rotatable bonds is 6. The zero-order valence-corrected chi connectivity index (χ0v) is 17.7. The standard InChI is InChI=1S/C24H20ClFN2OS/c25-19-9-15(10-20(26)14-19)11-21-13-17-4-2-6-22(23(17)30-21)16-3-1-5-18(12-16)24(29)28-8-7-27/h1-6,9-10,12-14H,7-8,11,27H2,(H,28,29). The Labute approximate surface area is 183 Å². The van der Waals surface area contributed by atoms with Gasteiger partial charge in [0.25, 0.3) is 5.91 Å². The summed E-state index contributed by atoms with van der Waals surface area (Å²) in [5, 5.41) is 4.32. The summed E-state index contributed by atoms with van der Waals surface area (Å²) >= 11 is 7.67. The number of carbonyl (C=O) groups is 1. The molecule has 3 aromatic carbocycles. The van der Waals surface area contributed by atoms with E-state index in [9.17, 15) is 9.18 Å². The van der Waals surface area contributed by atoms with Crippen molar-refractivity contribution in [2.24, 2.45) is 5.73 Å². The zero-order valence-electron chi connectivity index (χ0n) is 16.1. The van der Waals surface area contributed by atoms with Gasteiger partial charge >= 0.3 is 0 Å². The highest BCUT2D eigenvalue weighted by atomic mass is 35.5. The lowest BCUT2D eigenvalue weighted by atomic mass is 10.0. The molecule has 0 unspecified atom stereocenters. The van der Waals surface area contributed by atoms with Crippen molar-refractivity contribution >= 4 is 38.9 Å². The quantitative estimate of drug-likeness (QED) is 0.409. The summed E-state index contributed by atoms with van der Waals surface area (Å²) in [6.07, 6.45) is 0.609. The van der Waals surface area contributed by atoms with E-state index < -0.39 is 0 Å². The number of nitrogens with one attached hydrogen (secondary N) is 1. The first-order chi connectivity index (χ1) is 14.5. The molecule has 1 amide bonds. The van der Waals surface area contributed by atoms with Gasteiger partial charge in [-0.25, -0.2) is 4.39 Å². The molecule has 6 heteroatoms. The Morgan fingerprint density at radius 3 is 2.70 bits per heavy atom. The molecular formula is C24H20ClFN2OS. The van der Waals surface area contributed by atoms with Crippen LogP contribution in [0.3, 0.4) is 0 Å². The van der Waals surface area contributed by atoms with Crippen LogP contribution in [0.5, 0.6) is 0 Å². The van der Waals surface area contributed by atoms with Crippen molar-refractivity contribution < 1.29 is 9.18 Å². The monoisotopic (exact) mass is 438 g/mol. The summed E-state index contributed by atoms with van der Waals surface area (Å²) in [5.41, 5.74) is 8.95. The van der Waals surface area contributed by atoms with Crippen LogP contribution in [0.25, 0.3) is 21.2 Å². The van der Waals surface area contributed by atoms with E-state index in [1.807, 2.05) is 24.3 Å². The molecule has 3 N–H and O–H groups in total. The van der Waals surface area contributed by atoms with Gasteiger partial charge in [0.05, 0.1) is 0 Å². The average molecular weight is 439 g/mol. The van der Waals surface area contributed by atoms with Crippen molar-refractivity contribution in [3.05, 3.63) is 93.6 Å². The number of nitrogens with two attached hydrogens (primary N) is 1. The number of fused-ring (bicyclic) bond motifs is 1. The molecule has 152 valence electrons. The highest BCUT2D eigenvalue weighted by Crippen LogP contribution is 2.36. The van der Waals surface area contributed by atoms with E-state index in [0.29, 0.717) is 30.1 Å². The summed E-state index contributed by atoms with van der Waals surface area (Å²) < 4.78 is 14.8. The van der Waals surface area contributed by atoms with Gasteiger partial charge in [0.15, 0.2) is 0 Å². The third kappa shape index (κ3) is 4.54. The molecule has 0 atom stereocenters. The summed E-state index contributed by atoms with van der Waals surface area (Å²) in [6, 6.07) is 20.4. The van der Waals surface area contributed by atoms with Gasteiger partial charge in [-0.15, -0.1) is 11.3 Å². The van der Waals surface area contributed by atoms with Crippen LogP contribution in [0.15, 0.2) is 66.7 Å². The Bertz CT molecular complexity index is 1200. The van der Waals surface area contributed by atoms with Crippen LogP contribution in [-0.4, -0.2) is 19.0 Å². The number of thiophene rings is 1. The smallest absolute Gasteiger partial charge is 0.251 e. The highest BCUT2D eigenvalue weighted by molar-refractivity contribution is 7.19. The second-order valence-electron chi connectivity index (χ2n) is 7.02. The SMILES string of the molecule is NCCNC(=O)c1cccc(-c2cccc3cc(Cc4cc(F)cc(Cl)c4)sc23)c1. The Hall–Kier alpha value is -2.73. The van der Waals surface area contributed by atoms with Gasteiger partial charge in [0.1, 0.15) is 5.82 Å². The molecule has 0 aliphatic rings. The molecule has 4 rings (SSSR count). The van der Waals surface area contributed by atoms with Crippen LogP contribution in [0.4, 0.5) is 4.39 Å².